The molecule has 0 saturated carbocycles. The van der Waals surface area contributed by atoms with E-state index < -0.39 is 0 Å². The summed E-state index contributed by atoms with van der Waals surface area (Å²) in [6, 6.07) is 55.1. The van der Waals surface area contributed by atoms with Crippen molar-refractivity contribution in [3.63, 3.8) is 0 Å². The zero-order valence-electron chi connectivity index (χ0n) is 26.4. The van der Waals surface area contributed by atoms with Gasteiger partial charge in [-0.15, -0.1) is 0 Å². The first-order chi connectivity index (χ1) is 24.3. The molecular formula is C47H27NO. The summed E-state index contributed by atoms with van der Waals surface area (Å²) < 4.78 is 6.76. The largest absolute Gasteiger partial charge is 0.456 e. The van der Waals surface area contributed by atoms with Crippen molar-refractivity contribution in [2.45, 2.75) is 0 Å². The Hall–Kier alpha value is -6.51. The van der Waals surface area contributed by atoms with Crippen LogP contribution in [-0.4, -0.2) is 4.98 Å². The molecule has 1 aliphatic rings. The molecule has 49 heavy (non-hydrogen) atoms. The molecule has 0 aliphatic carbocycles. The van der Waals surface area contributed by atoms with E-state index in [0.29, 0.717) is 0 Å². The summed E-state index contributed by atoms with van der Waals surface area (Å²) in [5.41, 5.74) is 7.09. The van der Waals surface area contributed by atoms with Crippen LogP contribution in [0.4, 0.5) is 0 Å². The minimum atomic E-state index is 0.863. The maximum atomic E-state index is 6.76. The van der Waals surface area contributed by atoms with Gasteiger partial charge in [0.15, 0.2) is 0 Å². The molecule has 1 aliphatic heterocycles. The van der Waals surface area contributed by atoms with E-state index >= 15 is 0 Å². The number of hydrogen-bond donors (Lipinski definition) is 0. The summed E-state index contributed by atoms with van der Waals surface area (Å²) in [6.07, 6.45) is 3.91. The second kappa shape index (κ2) is 10.00. The van der Waals surface area contributed by atoms with Crippen LogP contribution in [0.3, 0.4) is 0 Å². The van der Waals surface area contributed by atoms with Gasteiger partial charge in [0.05, 0.1) is 0 Å². The van der Waals surface area contributed by atoms with Crippen molar-refractivity contribution in [3.05, 3.63) is 164 Å². The highest BCUT2D eigenvalue weighted by atomic mass is 16.5. The Labute approximate surface area is 282 Å². The molecule has 2 nitrogen and oxygen atoms in total. The van der Waals surface area contributed by atoms with Crippen molar-refractivity contribution in [2.75, 3.05) is 0 Å². The fourth-order valence-electron chi connectivity index (χ4n) is 8.38. The Bertz CT molecular complexity index is 3020. The SMILES string of the molecule is c1ccc2c(-c3cc4c5ccccc5c(-c5cc6c(c7ccccc57)-c5cncc7cccc(c57)O6)cc4c4ccccc34)cccc2c1. The second-order valence-electron chi connectivity index (χ2n) is 13.0. The molecule has 1 aromatic heterocycles. The maximum absolute atomic E-state index is 6.76. The van der Waals surface area contributed by atoms with Crippen molar-refractivity contribution in [1.29, 1.82) is 0 Å². The molecule has 0 N–H and O–H groups in total. The van der Waals surface area contributed by atoms with Crippen molar-refractivity contribution in [1.82, 2.24) is 4.98 Å². The first kappa shape index (κ1) is 26.5. The van der Waals surface area contributed by atoms with Crippen molar-refractivity contribution in [2.24, 2.45) is 0 Å². The third-order valence-corrected chi connectivity index (χ3v) is 10.5. The van der Waals surface area contributed by atoms with Crippen molar-refractivity contribution in [3.8, 4) is 44.9 Å². The second-order valence-corrected chi connectivity index (χ2v) is 13.0. The normalized spacial score (nSPS) is 12.2. The van der Waals surface area contributed by atoms with Crippen LogP contribution >= 0.6 is 0 Å². The molecule has 0 unspecified atom stereocenters. The topological polar surface area (TPSA) is 22.1 Å². The molecule has 0 fully saturated rings. The zero-order chi connectivity index (χ0) is 32.1. The molecule has 2 heteroatoms. The predicted octanol–water partition coefficient (Wildman–Crippen LogP) is 13.1. The summed E-state index contributed by atoms with van der Waals surface area (Å²) in [6.45, 7) is 0. The minimum Gasteiger partial charge on any atom is -0.456 e. The minimum absolute atomic E-state index is 0.863. The molecule has 11 rings (SSSR count). The van der Waals surface area contributed by atoms with Gasteiger partial charge in [-0.2, -0.15) is 0 Å². The van der Waals surface area contributed by atoms with E-state index in [2.05, 4.69) is 151 Å². The average molecular weight is 622 g/mol. The lowest BCUT2D eigenvalue weighted by atomic mass is 9.84. The van der Waals surface area contributed by atoms with Gasteiger partial charge >= 0.3 is 0 Å². The lowest BCUT2D eigenvalue weighted by Gasteiger charge is -2.24. The Morgan fingerprint density at radius 3 is 1.59 bits per heavy atom. The van der Waals surface area contributed by atoms with Crippen LogP contribution in [0.25, 0.3) is 98.0 Å². The van der Waals surface area contributed by atoms with Crippen LogP contribution in [0.2, 0.25) is 0 Å². The van der Waals surface area contributed by atoms with Crippen LogP contribution in [0.1, 0.15) is 0 Å². The smallest absolute Gasteiger partial charge is 0.136 e. The Morgan fingerprint density at radius 1 is 0.327 bits per heavy atom. The lowest BCUT2D eigenvalue weighted by molar-refractivity contribution is 0.488. The molecule has 226 valence electrons. The highest BCUT2D eigenvalue weighted by molar-refractivity contribution is 6.26. The quantitative estimate of drug-likeness (QED) is 0.179. The van der Waals surface area contributed by atoms with E-state index in [1.807, 2.05) is 18.5 Å². The van der Waals surface area contributed by atoms with Gasteiger partial charge in [-0.1, -0.05) is 127 Å². The van der Waals surface area contributed by atoms with Crippen LogP contribution in [0, 0.1) is 0 Å². The van der Waals surface area contributed by atoms with Gasteiger partial charge in [0.2, 0.25) is 0 Å². The van der Waals surface area contributed by atoms with Crippen LogP contribution in [0.15, 0.2) is 164 Å². The van der Waals surface area contributed by atoms with Gasteiger partial charge in [-0.05, 0) is 100 Å². The number of fused-ring (bicyclic) bond motifs is 10. The molecule has 0 amide bonds. The third kappa shape index (κ3) is 3.74. The molecule has 9 aromatic carbocycles. The molecule has 0 atom stereocenters. The first-order valence-electron chi connectivity index (χ1n) is 16.8. The van der Waals surface area contributed by atoms with Crippen LogP contribution < -0.4 is 4.74 Å². The monoisotopic (exact) mass is 621 g/mol. The van der Waals surface area contributed by atoms with E-state index in [1.165, 1.54) is 70.6 Å². The number of aromatic nitrogens is 1. The summed E-state index contributed by atoms with van der Waals surface area (Å²) >= 11 is 0. The van der Waals surface area contributed by atoms with Crippen molar-refractivity contribution >= 4 is 64.6 Å². The fourth-order valence-corrected chi connectivity index (χ4v) is 8.38. The Kier molecular flexibility index (Phi) is 5.42. The Morgan fingerprint density at radius 2 is 0.857 bits per heavy atom. The van der Waals surface area contributed by atoms with Gasteiger partial charge in [-0.3, -0.25) is 4.98 Å². The first-order valence-corrected chi connectivity index (χ1v) is 16.8. The number of pyridine rings is 1. The van der Waals surface area contributed by atoms with E-state index in [1.54, 1.807) is 0 Å². The zero-order valence-corrected chi connectivity index (χ0v) is 26.4. The predicted molar refractivity (Wildman–Crippen MR) is 206 cm³/mol. The summed E-state index contributed by atoms with van der Waals surface area (Å²) in [4.78, 5) is 4.64. The highest BCUT2D eigenvalue weighted by Gasteiger charge is 2.25. The summed E-state index contributed by atoms with van der Waals surface area (Å²) in [5, 5.41) is 14.6. The number of benzene rings is 9. The molecule has 0 radical (unpaired) electrons. The maximum Gasteiger partial charge on any atom is 0.136 e. The van der Waals surface area contributed by atoms with Crippen LogP contribution in [0.5, 0.6) is 11.5 Å². The summed E-state index contributed by atoms with van der Waals surface area (Å²) in [7, 11) is 0. The lowest BCUT2D eigenvalue weighted by Crippen LogP contribution is -2.00. The van der Waals surface area contributed by atoms with Gasteiger partial charge in [0.25, 0.3) is 0 Å². The van der Waals surface area contributed by atoms with E-state index in [4.69, 9.17) is 4.74 Å². The molecular weight excluding hydrogens is 595 g/mol. The molecule has 0 bridgehead atoms. The number of ether oxygens (including phenoxy) is 1. The number of rotatable bonds is 2. The molecule has 10 aromatic rings. The highest BCUT2D eigenvalue weighted by Crippen LogP contribution is 2.52. The van der Waals surface area contributed by atoms with Gasteiger partial charge in [0.1, 0.15) is 11.5 Å². The van der Waals surface area contributed by atoms with E-state index in [-0.39, 0.29) is 0 Å². The standard InChI is InChI=1S/C47H27NO/c1-2-14-30-28(11-1)12-9-21-31(30)38-23-39-34-17-5-6-18-35(34)41(24-40(39)33-16-4-3-15-32(33)38)42-25-45-47(37-20-8-7-19-36(37)42)43-27-48-26-29-13-10-22-44(49-45)46(29)43/h1-27H. The third-order valence-electron chi connectivity index (χ3n) is 10.5. The van der Waals surface area contributed by atoms with Crippen LogP contribution in [-0.2, 0) is 0 Å². The summed E-state index contributed by atoms with van der Waals surface area (Å²) in [5.74, 6) is 1.74. The molecule has 0 spiro atoms. The molecule has 0 saturated heterocycles. The number of nitrogens with zero attached hydrogens (tertiary/aromatic N) is 1. The van der Waals surface area contributed by atoms with Gasteiger partial charge in [0, 0.05) is 34.3 Å². The van der Waals surface area contributed by atoms with Crippen molar-refractivity contribution < 1.29 is 4.74 Å². The number of hydrogen-bond acceptors (Lipinski definition) is 2. The Balaban J connectivity index is 1.25. The van der Waals surface area contributed by atoms with Gasteiger partial charge < -0.3 is 4.74 Å². The van der Waals surface area contributed by atoms with E-state index in [9.17, 15) is 0 Å². The van der Waals surface area contributed by atoms with E-state index in [0.717, 1.165) is 39.0 Å². The fraction of sp³-hybridized carbons (Fsp3) is 0. The molecule has 2 heterocycles. The van der Waals surface area contributed by atoms with Gasteiger partial charge in [-0.25, -0.2) is 0 Å². The average Bonchev–Trinajstić information content (AvgIpc) is 3.17.